The lowest BCUT2D eigenvalue weighted by Gasteiger charge is -2.18. The molecule has 0 aliphatic rings. The summed E-state index contributed by atoms with van der Waals surface area (Å²) in [5.74, 6) is -8.43. The zero-order valence-electron chi connectivity index (χ0n) is 14.4. The number of carbonyl (C=O) groups excluding carboxylic acids is 1. The molecule has 156 valence electrons. The summed E-state index contributed by atoms with van der Waals surface area (Å²) in [5.41, 5.74) is -3.99. The smallest absolute Gasteiger partial charge is 0.294 e. The minimum atomic E-state index is -5.15. The third-order valence-electron chi connectivity index (χ3n) is 3.95. The Kier molecular flexibility index (Phi) is 6.15. The fourth-order valence-corrected chi connectivity index (χ4v) is 2.56. The van der Waals surface area contributed by atoms with Crippen LogP contribution in [-0.4, -0.2) is 12.0 Å². The monoisotopic (exact) mass is 426 g/mol. The number of carbonyl (C=O) groups is 1. The molecule has 0 amide bonds. The van der Waals surface area contributed by atoms with E-state index in [0.29, 0.717) is 18.2 Å². The second kappa shape index (κ2) is 7.92. The van der Waals surface area contributed by atoms with Crippen molar-refractivity contribution in [3.8, 4) is 0 Å². The van der Waals surface area contributed by atoms with Crippen molar-refractivity contribution in [3.63, 3.8) is 0 Å². The molecule has 0 N–H and O–H groups in total. The molecular formula is C19H11F9O. The van der Waals surface area contributed by atoms with E-state index in [1.165, 1.54) is 0 Å². The first kappa shape index (κ1) is 22.5. The molecule has 1 unspecified atom stereocenters. The van der Waals surface area contributed by atoms with E-state index in [1.807, 2.05) is 0 Å². The molecular weight excluding hydrogens is 415 g/mol. The molecule has 0 fully saturated rings. The Morgan fingerprint density at radius 3 is 2.03 bits per heavy atom. The summed E-state index contributed by atoms with van der Waals surface area (Å²) < 4.78 is 120. The highest BCUT2D eigenvalue weighted by atomic mass is 19.4. The molecule has 29 heavy (non-hydrogen) atoms. The van der Waals surface area contributed by atoms with Gasteiger partial charge in [0.1, 0.15) is 11.7 Å². The summed E-state index contributed by atoms with van der Waals surface area (Å²) in [6.07, 6.45) is -10.2. The molecule has 0 saturated carbocycles. The van der Waals surface area contributed by atoms with Crippen LogP contribution in [0, 0.1) is 11.6 Å². The number of benzene rings is 2. The van der Waals surface area contributed by atoms with E-state index in [9.17, 15) is 44.3 Å². The van der Waals surface area contributed by atoms with E-state index in [-0.39, 0.29) is 18.2 Å². The van der Waals surface area contributed by atoms with E-state index in [4.69, 9.17) is 0 Å². The Bertz CT molecular complexity index is 955. The van der Waals surface area contributed by atoms with Crippen molar-refractivity contribution in [1.29, 1.82) is 0 Å². The molecule has 0 radical (unpaired) electrons. The van der Waals surface area contributed by atoms with Crippen LogP contribution in [0.2, 0.25) is 0 Å². The molecule has 0 saturated heterocycles. The maximum atomic E-state index is 14.4. The minimum absolute atomic E-state index is 0.0460. The predicted octanol–water partition coefficient (Wildman–Crippen LogP) is 6.84. The molecule has 1 atom stereocenters. The second-order valence-corrected chi connectivity index (χ2v) is 6.02. The molecule has 2 rings (SSSR count). The fourth-order valence-electron chi connectivity index (χ4n) is 2.56. The standard InChI is InChI=1S/C19H11F9O/c1-9(29)12-4-2-11(6-14(12)19(26,27)28)16(21)8-13(18(23,24)25)10-3-5-15(20)17(22)7-10/h2-8,13H,1H3/b16-8-. The maximum absolute atomic E-state index is 14.4. The van der Waals surface area contributed by atoms with Crippen LogP contribution < -0.4 is 0 Å². The van der Waals surface area contributed by atoms with Gasteiger partial charge >= 0.3 is 12.4 Å². The van der Waals surface area contributed by atoms with Gasteiger partial charge < -0.3 is 0 Å². The summed E-state index contributed by atoms with van der Waals surface area (Å²) >= 11 is 0. The predicted molar refractivity (Wildman–Crippen MR) is 85.7 cm³/mol. The van der Waals surface area contributed by atoms with Crippen molar-refractivity contribution in [3.05, 3.63) is 76.4 Å². The van der Waals surface area contributed by atoms with E-state index in [1.54, 1.807) is 0 Å². The molecule has 0 spiro atoms. The average Bonchev–Trinajstić information content (AvgIpc) is 2.59. The van der Waals surface area contributed by atoms with E-state index in [0.717, 1.165) is 13.0 Å². The normalized spacial score (nSPS) is 14.1. The molecule has 0 aromatic heterocycles. The van der Waals surface area contributed by atoms with Crippen LogP contribution in [0.4, 0.5) is 39.5 Å². The first-order valence-corrected chi connectivity index (χ1v) is 7.83. The molecule has 2 aromatic rings. The number of allylic oxidation sites excluding steroid dienone is 1. The largest absolute Gasteiger partial charge is 0.417 e. The van der Waals surface area contributed by atoms with Gasteiger partial charge in [0.15, 0.2) is 17.4 Å². The molecule has 1 nitrogen and oxygen atoms in total. The van der Waals surface area contributed by atoms with Crippen LogP contribution in [0.1, 0.15) is 39.9 Å². The summed E-state index contributed by atoms with van der Waals surface area (Å²) in [7, 11) is 0. The topological polar surface area (TPSA) is 17.1 Å². The van der Waals surface area contributed by atoms with Crippen molar-refractivity contribution >= 4 is 11.6 Å². The van der Waals surface area contributed by atoms with Crippen molar-refractivity contribution in [2.75, 3.05) is 0 Å². The Labute approximate surface area is 158 Å². The lowest BCUT2D eigenvalue weighted by atomic mass is 9.95. The molecule has 0 aliphatic heterocycles. The molecule has 0 heterocycles. The Morgan fingerprint density at radius 1 is 0.931 bits per heavy atom. The summed E-state index contributed by atoms with van der Waals surface area (Å²) in [6.45, 7) is 0.846. The number of Topliss-reactive ketones (excluding diaryl/α,β-unsaturated/α-hetero) is 1. The van der Waals surface area contributed by atoms with Gasteiger partial charge in [-0.2, -0.15) is 26.3 Å². The summed E-state index contributed by atoms with van der Waals surface area (Å²) in [6, 6.07) is 2.79. The average molecular weight is 426 g/mol. The van der Waals surface area contributed by atoms with Gasteiger partial charge in [-0.3, -0.25) is 4.79 Å². The van der Waals surface area contributed by atoms with Crippen LogP contribution >= 0.6 is 0 Å². The van der Waals surface area contributed by atoms with E-state index < -0.39 is 63.8 Å². The van der Waals surface area contributed by atoms with Crippen LogP contribution in [-0.2, 0) is 6.18 Å². The summed E-state index contributed by atoms with van der Waals surface area (Å²) in [5, 5.41) is 0. The number of rotatable bonds is 4. The van der Waals surface area contributed by atoms with Gasteiger partial charge in [-0.05, 0) is 36.8 Å². The molecule has 0 aliphatic carbocycles. The quantitative estimate of drug-likeness (QED) is 0.386. The Morgan fingerprint density at radius 2 is 1.55 bits per heavy atom. The summed E-state index contributed by atoms with van der Waals surface area (Å²) in [4.78, 5) is 11.3. The lowest BCUT2D eigenvalue weighted by Crippen LogP contribution is -2.19. The maximum Gasteiger partial charge on any atom is 0.417 e. The van der Waals surface area contributed by atoms with Gasteiger partial charge in [0.05, 0.1) is 5.56 Å². The lowest BCUT2D eigenvalue weighted by molar-refractivity contribution is -0.140. The third-order valence-corrected chi connectivity index (χ3v) is 3.95. The number of ketones is 1. The minimum Gasteiger partial charge on any atom is -0.294 e. The van der Waals surface area contributed by atoms with Crippen molar-refractivity contribution in [1.82, 2.24) is 0 Å². The van der Waals surface area contributed by atoms with Gasteiger partial charge in [-0.15, -0.1) is 0 Å². The van der Waals surface area contributed by atoms with Crippen LogP contribution in [0.15, 0.2) is 42.5 Å². The van der Waals surface area contributed by atoms with Crippen LogP contribution in [0.25, 0.3) is 5.83 Å². The fraction of sp³-hybridized carbons (Fsp3) is 0.211. The highest BCUT2D eigenvalue weighted by Gasteiger charge is 2.40. The molecule has 10 heteroatoms. The third kappa shape index (κ3) is 5.18. The van der Waals surface area contributed by atoms with Crippen molar-refractivity contribution < 1.29 is 44.3 Å². The van der Waals surface area contributed by atoms with E-state index >= 15 is 0 Å². The van der Waals surface area contributed by atoms with Gasteiger partial charge in [-0.1, -0.05) is 18.2 Å². The van der Waals surface area contributed by atoms with Gasteiger partial charge in [0, 0.05) is 11.1 Å². The number of hydrogen-bond donors (Lipinski definition) is 0. The van der Waals surface area contributed by atoms with E-state index in [2.05, 4.69) is 0 Å². The van der Waals surface area contributed by atoms with Gasteiger partial charge in [-0.25, -0.2) is 13.2 Å². The van der Waals surface area contributed by atoms with Gasteiger partial charge in [0.2, 0.25) is 0 Å². The first-order chi connectivity index (χ1) is 13.2. The zero-order valence-corrected chi connectivity index (χ0v) is 14.4. The highest BCUT2D eigenvalue weighted by molar-refractivity contribution is 5.96. The van der Waals surface area contributed by atoms with Gasteiger partial charge in [0.25, 0.3) is 0 Å². The number of alkyl halides is 6. The Hall–Kier alpha value is -2.78. The van der Waals surface area contributed by atoms with Crippen LogP contribution in [0.5, 0.6) is 0 Å². The second-order valence-electron chi connectivity index (χ2n) is 6.02. The number of halogens is 9. The van der Waals surface area contributed by atoms with Crippen LogP contribution in [0.3, 0.4) is 0 Å². The zero-order chi connectivity index (χ0) is 22.1. The molecule has 0 bridgehead atoms. The van der Waals surface area contributed by atoms with Crippen molar-refractivity contribution in [2.24, 2.45) is 0 Å². The first-order valence-electron chi connectivity index (χ1n) is 7.83. The Balaban J connectivity index is 2.58. The highest BCUT2D eigenvalue weighted by Crippen LogP contribution is 2.40. The molecule has 2 aromatic carbocycles. The van der Waals surface area contributed by atoms with Crippen molar-refractivity contribution in [2.45, 2.75) is 25.2 Å². The number of hydrogen-bond acceptors (Lipinski definition) is 1. The SMILES string of the molecule is CC(=O)c1ccc(/C(F)=C/C(c2ccc(F)c(F)c2)C(F)(F)F)cc1C(F)(F)F.